The summed E-state index contributed by atoms with van der Waals surface area (Å²) in [5.41, 5.74) is 2.81. The van der Waals surface area contributed by atoms with E-state index in [1.165, 1.54) is 0 Å². The highest BCUT2D eigenvalue weighted by molar-refractivity contribution is 5.99. The van der Waals surface area contributed by atoms with Crippen molar-refractivity contribution < 1.29 is 4.79 Å². The molecular weight excluding hydrogens is 224 g/mol. The zero-order valence-electron chi connectivity index (χ0n) is 11.8. The molecule has 100 valence electrons. The van der Waals surface area contributed by atoms with Gasteiger partial charge in [-0.05, 0) is 44.4 Å². The summed E-state index contributed by atoms with van der Waals surface area (Å²) in [6.45, 7) is 9.06. The second kappa shape index (κ2) is 7.04. The molecule has 0 fully saturated rings. The van der Waals surface area contributed by atoms with Crippen LogP contribution in [0.3, 0.4) is 0 Å². The van der Waals surface area contributed by atoms with Gasteiger partial charge in [0.05, 0.1) is 5.56 Å². The average molecular weight is 248 g/mol. The third-order valence-corrected chi connectivity index (χ3v) is 3.11. The van der Waals surface area contributed by atoms with Crippen LogP contribution in [0, 0.1) is 6.92 Å². The maximum Gasteiger partial charge on any atom is 0.253 e. The monoisotopic (exact) mass is 248 g/mol. The minimum absolute atomic E-state index is 0.0136. The van der Waals surface area contributed by atoms with Crippen molar-refractivity contribution >= 4 is 11.6 Å². The summed E-state index contributed by atoms with van der Waals surface area (Å²) >= 11 is 0. The molecule has 0 unspecified atom stereocenters. The van der Waals surface area contributed by atoms with E-state index in [2.05, 4.69) is 24.5 Å². The zero-order valence-corrected chi connectivity index (χ0v) is 11.8. The number of rotatable bonds is 6. The van der Waals surface area contributed by atoms with Gasteiger partial charge in [-0.3, -0.25) is 4.79 Å². The van der Waals surface area contributed by atoms with Crippen molar-refractivity contribution in [3.8, 4) is 0 Å². The Bertz CT molecular complexity index is 397. The number of nitrogens with one attached hydrogen (secondary N) is 2. The van der Waals surface area contributed by atoms with Crippen molar-refractivity contribution in [2.24, 2.45) is 0 Å². The van der Waals surface area contributed by atoms with E-state index in [0.717, 1.165) is 36.2 Å². The van der Waals surface area contributed by atoms with Gasteiger partial charge in [0, 0.05) is 18.3 Å². The summed E-state index contributed by atoms with van der Waals surface area (Å²) in [6, 6.07) is 6.15. The number of hydrogen-bond donors (Lipinski definition) is 2. The maximum absolute atomic E-state index is 12.2. The Morgan fingerprint density at radius 3 is 2.44 bits per heavy atom. The van der Waals surface area contributed by atoms with Crippen LogP contribution in [0.15, 0.2) is 18.2 Å². The lowest BCUT2D eigenvalue weighted by Crippen LogP contribution is -2.34. The van der Waals surface area contributed by atoms with Crippen LogP contribution in [0.25, 0.3) is 0 Å². The number of benzene rings is 1. The molecule has 1 aromatic carbocycles. The van der Waals surface area contributed by atoms with E-state index >= 15 is 0 Å². The molecule has 0 bridgehead atoms. The summed E-state index contributed by atoms with van der Waals surface area (Å²) in [6.07, 6.45) is 1.93. The first-order valence-corrected chi connectivity index (χ1v) is 6.77. The van der Waals surface area contributed by atoms with E-state index in [9.17, 15) is 4.79 Å². The van der Waals surface area contributed by atoms with Crippen LogP contribution in [0.5, 0.6) is 0 Å². The molecule has 0 aliphatic heterocycles. The summed E-state index contributed by atoms with van der Waals surface area (Å²) < 4.78 is 0. The third-order valence-electron chi connectivity index (χ3n) is 3.11. The lowest BCUT2D eigenvalue weighted by atomic mass is 10.1. The van der Waals surface area contributed by atoms with E-state index < -0.39 is 0 Å². The van der Waals surface area contributed by atoms with Gasteiger partial charge in [-0.1, -0.05) is 19.9 Å². The highest BCUT2D eigenvalue weighted by atomic mass is 16.1. The Morgan fingerprint density at radius 1 is 1.22 bits per heavy atom. The molecule has 1 amide bonds. The SMILES string of the molecule is CCNc1cc(C)ccc1C(=O)NC(CC)CC. The number of hydrogen-bond acceptors (Lipinski definition) is 2. The quantitative estimate of drug-likeness (QED) is 0.810. The van der Waals surface area contributed by atoms with Crippen LogP contribution in [0.4, 0.5) is 5.69 Å². The molecule has 0 aliphatic carbocycles. The lowest BCUT2D eigenvalue weighted by Gasteiger charge is -2.17. The summed E-state index contributed by atoms with van der Waals surface area (Å²) in [5, 5.41) is 6.32. The molecule has 0 spiro atoms. The molecular formula is C15H24N2O. The molecule has 0 radical (unpaired) electrons. The maximum atomic E-state index is 12.2. The second-order valence-electron chi connectivity index (χ2n) is 4.57. The van der Waals surface area contributed by atoms with Crippen LogP contribution >= 0.6 is 0 Å². The van der Waals surface area contributed by atoms with Gasteiger partial charge in [-0.25, -0.2) is 0 Å². The minimum atomic E-state index is 0.0136. The van der Waals surface area contributed by atoms with E-state index in [1.807, 2.05) is 32.0 Å². The molecule has 2 N–H and O–H groups in total. The molecule has 0 saturated heterocycles. The van der Waals surface area contributed by atoms with Crippen LogP contribution in [-0.2, 0) is 0 Å². The Hall–Kier alpha value is -1.51. The van der Waals surface area contributed by atoms with Crippen molar-refractivity contribution in [3.05, 3.63) is 29.3 Å². The van der Waals surface area contributed by atoms with E-state index in [-0.39, 0.29) is 11.9 Å². The molecule has 0 atom stereocenters. The molecule has 0 aliphatic rings. The number of amides is 1. The van der Waals surface area contributed by atoms with Crippen LogP contribution in [0.2, 0.25) is 0 Å². The van der Waals surface area contributed by atoms with Crippen LogP contribution in [0.1, 0.15) is 49.5 Å². The second-order valence-corrected chi connectivity index (χ2v) is 4.57. The fourth-order valence-corrected chi connectivity index (χ4v) is 1.95. The summed E-state index contributed by atoms with van der Waals surface area (Å²) in [5.74, 6) is 0.0136. The molecule has 3 heteroatoms. The molecule has 0 aromatic heterocycles. The third kappa shape index (κ3) is 3.76. The van der Waals surface area contributed by atoms with Gasteiger partial charge in [0.2, 0.25) is 0 Å². The van der Waals surface area contributed by atoms with Gasteiger partial charge >= 0.3 is 0 Å². The first-order chi connectivity index (χ1) is 8.62. The van der Waals surface area contributed by atoms with Gasteiger partial charge in [0.1, 0.15) is 0 Å². The van der Waals surface area contributed by atoms with Gasteiger partial charge in [-0.15, -0.1) is 0 Å². The predicted octanol–water partition coefficient (Wildman–Crippen LogP) is 3.35. The zero-order chi connectivity index (χ0) is 13.5. The first kappa shape index (κ1) is 14.6. The van der Waals surface area contributed by atoms with Gasteiger partial charge in [0.15, 0.2) is 0 Å². The minimum Gasteiger partial charge on any atom is -0.385 e. The van der Waals surface area contributed by atoms with E-state index in [4.69, 9.17) is 0 Å². The number of aryl methyl sites for hydroxylation is 1. The molecule has 18 heavy (non-hydrogen) atoms. The Balaban J connectivity index is 2.90. The largest absolute Gasteiger partial charge is 0.385 e. The summed E-state index contributed by atoms with van der Waals surface area (Å²) in [7, 11) is 0. The van der Waals surface area contributed by atoms with Crippen molar-refractivity contribution in [1.29, 1.82) is 0 Å². The topological polar surface area (TPSA) is 41.1 Å². The Labute approximate surface area is 110 Å². The highest BCUT2D eigenvalue weighted by Crippen LogP contribution is 2.18. The van der Waals surface area contributed by atoms with Gasteiger partial charge in [-0.2, -0.15) is 0 Å². The smallest absolute Gasteiger partial charge is 0.253 e. The fourth-order valence-electron chi connectivity index (χ4n) is 1.95. The summed E-state index contributed by atoms with van der Waals surface area (Å²) in [4.78, 5) is 12.2. The molecule has 0 heterocycles. The van der Waals surface area contributed by atoms with Gasteiger partial charge < -0.3 is 10.6 Å². The van der Waals surface area contributed by atoms with Crippen molar-refractivity contribution in [1.82, 2.24) is 5.32 Å². The molecule has 3 nitrogen and oxygen atoms in total. The molecule has 1 aromatic rings. The van der Waals surface area contributed by atoms with Crippen LogP contribution in [-0.4, -0.2) is 18.5 Å². The average Bonchev–Trinajstić information content (AvgIpc) is 2.36. The van der Waals surface area contributed by atoms with Crippen molar-refractivity contribution in [3.63, 3.8) is 0 Å². The van der Waals surface area contributed by atoms with Crippen molar-refractivity contribution in [2.75, 3.05) is 11.9 Å². The number of carbonyl (C=O) groups is 1. The lowest BCUT2D eigenvalue weighted by molar-refractivity contribution is 0.0935. The normalized spacial score (nSPS) is 10.5. The van der Waals surface area contributed by atoms with Gasteiger partial charge in [0.25, 0.3) is 5.91 Å². The molecule has 1 rings (SSSR count). The van der Waals surface area contributed by atoms with Crippen LogP contribution < -0.4 is 10.6 Å². The van der Waals surface area contributed by atoms with E-state index in [1.54, 1.807) is 0 Å². The van der Waals surface area contributed by atoms with Crippen molar-refractivity contribution in [2.45, 2.75) is 46.6 Å². The Kier molecular flexibility index (Phi) is 5.69. The Morgan fingerprint density at radius 2 is 1.89 bits per heavy atom. The molecule has 0 saturated carbocycles. The number of anilines is 1. The fraction of sp³-hybridized carbons (Fsp3) is 0.533. The first-order valence-electron chi connectivity index (χ1n) is 6.77. The standard InChI is InChI=1S/C15H24N2O/c1-5-12(6-2)17-15(18)13-9-8-11(4)10-14(13)16-7-3/h8-10,12,16H,5-7H2,1-4H3,(H,17,18). The highest BCUT2D eigenvalue weighted by Gasteiger charge is 2.14. The van der Waals surface area contributed by atoms with E-state index in [0.29, 0.717) is 0 Å². The number of carbonyl (C=O) groups excluding carboxylic acids is 1. The predicted molar refractivity (Wildman–Crippen MR) is 77.2 cm³/mol.